The van der Waals surface area contributed by atoms with Crippen molar-refractivity contribution in [2.75, 3.05) is 40.4 Å². The highest BCUT2D eigenvalue weighted by molar-refractivity contribution is 5.40. The molecular formula is C17H28N2O2. The van der Waals surface area contributed by atoms with Gasteiger partial charge in [-0.15, -0.1) is 0 Å². The molecule has 21 heavy (non-hydrogen) atoms. The lowest BCUT2D eigenvalue weighted by atomic mass is 9.96. The van der Waals surface area contributed by atoms with Crippen molar-refractivity contribution in [3.8, 4) is 11.5 Å². The van der Waals surface area contributed by atoms with E-state index in [4.69, 9.17) is 9.47 Å². The van der Waals surface area contributed by atoms with Crippen LogP contribution in [0.15, 0.2) is 18.2 Å². The Morgan fingerprint density at radius 3 is 2.57 bits per heavy atom. The van der Waals surface area contributed by atoms with Crippen LogP contribution in [0.25, 0.3) is 0 Å². The van der Waals surface area contributed by atoms with Crippen LogP contribution in [0.3, 0.4) is 0 Å². The van der Waals surface area contributed by atoms with E-state index < -0.39 is 0 Å². The van der Waals surface area contributed by atoms with Gasteiger partial charge in [0.25, 0.3) is 0 Å². The highest BCUT2D eigenvalue weighted by Crippen LogP contribution is 2.27. The summed E-state index contributed by atoms with van der Waals surface area (Å²) >= 11 is 0. The normalized spacial score (nSPS) is 16.9. The van der Waals surface area contributed by atoms with E-state index in [-0.39, 0.29) is 0 Å². The van der Waals surface area contributed by atoms with Gasteiger partial charge in [-0.3, -0.25) is 4.90 Å². The molecule has 0 atom stereocenters. The molecule has 1 aliphatic rings. The zero-order valence-electron chi connectivity index (χ0n) is 13.5. The first-order valence-corrected chi connectivity index (χ1v) is 7.90. The maximum Gasteiger partial charge on any atom is 0.127 e. The molecule has 0 aromatic heterocycles. The molecule has 1 saturated heterocycles. The molecule has 1 heterocycles. The molecule has 1 aromatic carbocycles. The Morgan fingerprint density at radius 2 is 1.95 bits per heavy atom. The maximum atomic E-state index is 5.49. The molecule has 1 aliphatic heterocycles. The van der Waals surface area contributed by atoms with E-state index in [1.165, 1.54) is 31.5 Å². The van der Waals surface area contributed by atoms with Crippen molar-refractivity contribution in [2.24, 2.45) is 5.92 Å². The monoisotopic (exact) mass is 292 g/mol. The molecule has 1 N–H and O–H groups in total. The van der Waals surface area contributed by atoms with E-state index in [0.29, 0.717) is 0 Å². The van der Waals surface area contributed by atoms with Gasteiger partial charge in [0.2, 0.25) is 0 Å². The van der Waals surface area contributed by atoms with Crippen LogP contribution in [-0.4, -0.2) is 45.3 Å². The van der Waals surface area contributed by atoms with Gasteiger partial charge in [0.05, 0.1) is 14.2 Å². The number of ether oxygens (including phenoxy) is 2. The van der Waals surface area contributed by atoms with E-state index >= 15 is 0 Å². The first kappa shape index (κ1) is 16.1. The van der Waals surface area contributed by atoms with E-state index in [1.807, 2.05) is 12.1 Å². The van der Waals surface area contributed by atoms with Crippen LogP contribution in [0.4, 0.5) is 0 Å². The van der Waals surface area contributed by atoms with Gasteiger partial charge in [-0.1, -0.05) is 13.0 Å². The second kappa shape index (κ2) is 8.25. The Kier molecular flexibility index (Phi) is 6.33. The molecule has 4 heteroatoms. The van der Waals surface area contributed by atoms with Gasteiger partial charge in [-0.25, -0.2) is 0 Å². The van der Waals surface area contributed by atoms with E-state index in [1.54, 1.807) is 14.2 Å². The number of nitrogens with one attached hydrogen (secondary N) is 1. The SMILES string of the molecule is CCNCC1CCN(Cc2ccc(OC)cc2OC)CC1. The minimum atomic E-state index is 0.832. The predicted molar refractivity (Wildman–Crippen MR) is 86.1 cm³/mol. The third-order valence-electron chi connectivity index (χ3n) is 4.28. The van der Waals surface area contributed by atoms with Crippen molar-refractivity contribution in [1.82, 2.24) is 10.2 Å². The number of likely N-dealkylation sites (tertiary alicyclic amines) is 1. The number of hydrogen-bond donors (Lipinski definition) is 1. The van der Waals surface area contributed by atoms with Crippen LogP contribution in [0.1, 0.15) is 25.3 Å². The highest BCUT2D eigenvalue weighted by atomic mass is 16.5. The van der Waals surface area contributed by atoms with Crippen LogP contribution < -0.4 is 14.8 Å². The topological polar surface area (TPSA) is 33.7 Å². The Balaban J connectivity index is 1.88. The van der Waals surface area contributed by atoms with Crippen molar-refractivity contribution >= 4 is 0 Å². The smallest absolute Gasteiger partial charge is 0.127 e. The van der Waals surface area contributed by atoms with Crippen LogP contribution in [0.2, 0.25) is 0 Å². The molecule has 0 spiro atoms. The number of nitrogens with zero attached hydrogens (tertiary/aromatic N) is 1. The Bertz CT molecular complexity index is 429. The van der Waals surface area contributed by atoms with Gasteiger partial charge < -0.3 is 14.8 Å². The molecule has 0 bridgehead atoms. The number of benzene rings is 1. The van der Waals surface area contributed by atoms with E-state index in [9.17, 15) is 0 Å². The summed E-state index contributed by atoms with van der Waals surface area (Å²) in [6.07, 6.45) is 2.57. The molecule has 0 radical (unpaired) electrons. The second-order valence-electron chi connectivity index (χ2n) is 5.70. The third-order valence-corrected chi connectivity index (χ3v) is 4.28. The Morgan fingerprint density at radius 1 is 1.19 bits per heavy atom. The van der Waals surface area contributed by atoms with Crippen LogP contribution in [0, 0.1) is 5.92 Å². The van der Waals surface area contributed by atoms with Gasteiger partial charge in [0, 0.05) is 18.2 Å². The molecule has 1 fully saturated rings. The van der Waals surface area contributed by atoms with Gasteiger partial charge in [0.15, 0.2) is 0 Å². The third kappa shape index (κ3) is 4.61. The van der Waals surface area contributed by atoms with Crippen molar-refractivity contribution in [2.45, 2.75) is 26.3 Å². The van der Waals surface area contributed by atoms with Gasteiger partial charge in [0.1, 0.15) is 11.5 Å². The lowest BCUT2D eigenvalue weighted by molar-refractivity contribution is 0.174. The van der Waals surface area contributed by atoms with Gasteiger partial charge in [-0.2, -0.15) is 0 Å². The molecule has 2 rings (SSSR count). The summed E-state index contributed by atoms with van der Waals surface area (Å²) in [4.78, 5) is 2.52. The molecule has 118 valence electrons. The number of hydrogen-bond acceptors (Lipinski definition) is 4. The Labute approximate surface area is 128 Å². The molecule has 0 aliphatic carbocycles. The number of piperidine rings is 1. The fourth-order valence-electron chi connectivity index (χ4n) is 2.92. The summed E-state index contributed by atoms with van der Waals surface area (Å²) in [6.45, 7) is 7.71. The van der Waals surface area contributed by atoms with Crippen LogP contribution in [-0.2, 0) is 6.54 Å². The minimum Gasteiger partial charge on any atom is -0.497 e. The summed E-state index contributed by atoms with van der Waals surface area (Å²) in [5, 5.41) is 3.46. The van der Waals surface area contributed by atoms with Crippen LogP contribution >= 0.6 is 0 Å². The fraction of sp³-hybridized carbons (Fsp3) is 0.647. The first-order chi connectivity index (χ1) is 10.3. The lowest BCUT2D eigenvalue weighted by Crippen LogP contribution is -2.36. The molecule has 1 aromatic rings. The van der Waals surface area contributed by atoms with Crippen molar-refractivity contribution in [3.05, 3.63) is 23.8 Å². The number of rotatable bonds is 7. The number of methoxy groups -OCH3 is 2. The maximum absolute atomic E-state index is 5.49. The van der Waals surface area contributed by atoms with Crippen molar-refractivity contribution in [1.29, 1.82) is 0 Å². The molecule has 0 unspecified atom stereocenters. The zero-order valence-corrected chi connectivity index (χ0v) is 13.5. The highest BCUT2D eigenvalue weighted by Gasteiger charge is 2.19. The summed E-state index contributed by atoms with van der Waals surface area (Å²) in [6, 6.07) is 6.09. The van der Waals surface area contributed by atoms with Crippen molar-refractivity contribution in [3.63, 3.8) is 0 Å². The fourth-order valence-corrected chi connectivity index (χ4v) is 2.92. The second-order valence-corrected chi connectivity index (χ2v) is 5.70. The molecule has 0 saturated carbocycles. The van der Waals surface area contributed by atoms with Gasteiger partial charge in [-0.05, 0) is 51.0 Å². The average Bonchev–Trinajstić information content (AvgIpc) is 2.54. The van der Waals surface area contributed by atoms with E-state index in [2.05, 4.69) is 23.2 Å². The Hall–Kier alpha value is -1.26. The van der Waals surface area contributed by atoms with Crippen LogP contribution in [0.5, 0.6) is 11.5 Å². The molecule has 0 amide bonds. The predicted octanol–water partition coefficient (Wildman–Crippen LogP) is 2.53. The summed E-state index contributed by atoms with van der Waals surface area (Å²) in [5.74, 6) is 2.60. The summed E-state index contributed by atoms with van der Waals surface area (Å²) in [7, 11) is 3.41. The van der Waals surface area contributed by atoms with Gasteiger partial charge >= 0.3 is 0 Å². The average molecular weight is 292 g/mol. The molecule has 4 nitrogen and oxygen atoms in total. The standard InChI is InChI=1S/C17H28N2O2/c1-4-18-12-14-7-9-19(10-8-14)13-15-5-6-16(20-2)11-17(15)21-3/h5-6,11,14,18H,4,7-10,12-13H2,1-3H3. The molecular weight excluding hydrogens is 264 g/mol. The summed E-state index contributed by atoms with van der Waals surface area (Å²) < 4.78 is 10.7. The minimum absolute atomic E-state index is 0.832. The first-order valence-electron chi connectivity index (χ1n) is 7.90. The summed E-state index contributed by atoms with van der Waals surface area (Å²) in [5.41, 5.74) is 1.24. The van der Waals surface area contributed by atoms with E-state index in [0.717, 1.165) is 37.1 Å². The largest absolute Gasteiger partial charge is 0.497 e. The van der Waals surface area contributed by atoms with Crippen molar-refractivity contribution < 1.29 is 9.47 Å². The zero-order chi connectivity index (χ0) is 15.1. The quantitative estimate of drug-likeness (QED) is 0.837. The lowest BCUT2D eigenvalue weighted by Gasteiger charge is -2.32.